The second-order valence-electron chi connectivity index (χ2n) is 14.4. The number of aromatic nitrogens is 3. The van der Waals surface area contributed by atoms with Gasteiger partial charge in [0, 0.05) is 34.8 Å². The third kappa shape index (κ3) is 5.86. The van der Waals surface area contributed by atoms with Gasteiger partial charge in [-0.1, -0.05) is 69.6 Å². The van der Waals surface area contributed by atoms with Crippen LogP contribution in [0.3, 0.4) is 0 Å². The number of anilines is 1. The van der Waals surface area contributed by atoms with E-state index in [0.717, 1.165) is 41.0 Å². The molecule has 3 heterocycles. The molecule has 1 aliphatic carbocycles. The summed E-state index contributed by atoms with van der Waals surface area (Å²) in [5.41, 5.74) is 8.24. The van der Waals surface area contributed by atoms with E-state index in [9.17, 15) is 4.79 Å². The van der Waals surface area contributed by atoms with Crippen molar-refractivity contribution in [2.45, 2.75) is 106 Å². The minimum atomic E-state index is -0.161. The normalized spacial score (nSPS) is 17.8. The summed E-state index contributed by atoms with van der Waals surface area (Å²) in [6.45, 7) is 20.9. The van der Waals surface area contributed by atoms with Gasteiger partial charge in [0.25, 0.3) is 5.56 Å². The smallest absolute Gasteiger partial charge is 0.255 e. The number of benzene rings is 1. The van der Waals surface area contributed by atoms with E-state index in [2.05, 4.69) is 109 Å². The molecule has 41 heavy (non-hydrogen) atoms. The average molecular weight is 553 g/mol. The zero-order valence-electron chi connectivity index (χ0n) is 26.6. The number of hydrogen-bond acceptors (Lipinski definition) is 3. The number of hydrogen-bond donors (Lipinski definition) is 1. The molecule has 0 saturated carbocycles. The fourth-order valence-electron chi connectivity index (χ4n) is 6.98. The highest BCUT2D eigenvalue weighted by atomic mass is 16.1. The van der Waals surface area contributed by atoms with Crippen molar-refractivity contribution in [1.29, 1.82) is 0 Å². The first-order chi connectivity index (χ1) is 19.3. The molecule has 0 amide bonds. The monoisotopic (exact) mass is 552 g/mol. The predicted molar refractivity (Wildman–Crippen MR) is 174 cm³/mol. The van der Waals surface area contributed by atoms with E-state index in [-0.39, 0.29) is 17.1 Å². The van der Waals surface area contributed by atoms with Crippen molar-refractivity contribution in [3.63, 3.8) is 0 Å². The number of aromatic amines is 1. The largest absolute Gasteiger partial charge is 0.360 e. The molecule has 2 aliphatic rings. The molecule has 0 fully saturated rings. The van der Waals surface area contributed by atoms with Gasteiger partial charge in [0.2, 0.25) is 5.95 Å². The van der Waals surface area contributed by atoms with Crippen LogP contribution in [0.25, 0.3) is 27.7 Å². The molecule has 5 nitrogen and oxygen atoms in total. The molecule has 0 saturated heterocycles. The van der Waals surface area contributed by atoms with E-state index in [1.54, 1.807) is 6.07 Å². The molecule has 3 aromatic rings. The quantitative estimate of drug-likeness (QED) is 0.318. The summed E-state index contributed by atoms with van der Waals surface area (Å²) < 4.78 is 1.82. The average Bonchev–Trinajstić information content (AvgIpc) is 3.36. The fourth-order valence-corrected chi connectivity index (χ4v) is 6.98. The lowest BCUT2D eigenvalue weighted by Gasteiger charge is -2.35. The van der Waals surface area contributed by atoms with Gasteiger partial charge in [0.05, 0.1) is 17.8 Å². The van der Waals surface area contributed by atoms with Crippen molar-refractivity contribution >= 4 is 22.4 Å². The standard InChI is InChI=1S/C36H48N4O/c1-10-25(20-35(5,6)7)17-26-12-11-24(4)28(15-13-26)27-14-16-31-29(18-27)30(21-37-31)32-19-33(41)39-22-36(8,9)40(23(2)3)34(39)38-32/h12-16,18-19,21,23,25,37H,10-11,17,20,22H2,1-9H3. The van der Waals surface area contributed by atoms with Gasteiger partial charge in [0.15, 0.2) is 0 Å². The molecule has 5 heteroatoms. The maximum Gasteiger partial charge on any atom is 0.255 e. The SMILES string of the molecule is CCC(CC1=CCC(C)=C(c2ccc3[nH]cc(-c4cc(=O)n5c(n4)N(C(C)C)C(C)(C)C5)c3c2)C=C1)CC(C)(C)C. The van der Waals surface area contributed by atoms with Crippen LogP contribution in [-0.4, -0.2) is 26.1 Å². The molecule has 218 valence electrons. The van der Waals surface area contributed by atoms with Crippen molar-refractivity contribution in [1.82, 2.24) is 14.5 Å². The number of nitrogens with zero attached hydrogens (tertiary/aromatic N) is 3. The molecule has 0 bridgehead atoms. The first-order valence-electron chi connectivity index (χ1n) is 15.4. The Bertz CT molecular complexity index is 1600. The number of allylic oxidation sites excluding steroid dienone is 6. The van der Waals surface area contributed by atoms with Gasteiger partial charge in [0.1, 0.15) is 0 Å². The van der Waals surface area contributed by atoms with Gasteiger partial charge in [-0.25, -0.2) is 4.98 Å². The molecule has 1 aliphatic heterocycles. The van der Waals surface area contributed by atoms with Crippen molar-refractivity contribution in [3.05, 3.63) is 75.8 Å². The first kappa shape index (κ1) is 29.2. The third-order valence-electron chi connectivity index (χ3n) is 8.78. The van der Waals surface area contributed by atoms with Crippen LogP contribution < -0.4 is 10.5 Å². The summed E-state index contributed by atoms with van der Waals surface area (Å²) in [4.78, 5) is 24.1. The summed E-state index contributed by atoms with van der Waals surface area (Å²) in [5, 5.41) is 1.09. The summed E-state index contributed by atoms with van der Waals surface area (Å²) in [7, 11) is 0. The van der Waals surface area contributed by atoms with Gasteiger partial charge in [-0.2, -0.15) is 0 Å². The van der Waals surface area contributed by atoms with Crippen LogP contribution in [0, 0.1) is 11.3 Å². The van der Waals surface area contributed by atoms with Crippen molar-refractivity contribution in [3.8, 4) is 11.3 Å². The van der Waals surface area contributed by atoms with Crippen LogP contribution >= 0.6 is 0 Å². The van der Waals surface area contributed by atoms with Gasteiger partial charge >= 0.3 is 0 Å². The minimum Gasteiger partial charge on any atom is -0.360 e. The van der Waals surface area contributed by atoms with Crippen molar-refractivity contribution in [2.75, 3.05) is 4.90 Å². The molecule has 0 radical (unpaired) electrons. The van der Waals surface area contributed by atoms with Gasteiger partial charge < -0.3 is 9.88 Å². The second kappa shape index (κ2) is 10.8. The lowest BCUT2D eigenvalue weighted by atomic mass is 9.80. The molecular formula is C36H48N4O. The maximum atomic E-state index is 13.3. The Hall–Kier alpha value is -3.34. The van der Waals surface area contributed by atoms with Crippen LogP contribution in [0.4, 0.5) is 5.95 Å². The molecule has 1 aromatic carbocycles. The summed E-state index contributed by atoms with van der Waals surface area (Å²) >= 11 is 0. The molecule has 1 unspecified atom stereocenters. The molecule has 1 atom stereocenters. The molecule has 5 rings (SSSR count). The van der Waals surface area contributed by atoms with E-state index in [4.69, 9.17) is 4.98 Å². The third-order valence-corrected chi connectivity index (χ3v) is 8.78. The highest BCUT2D eigenvalue weighted by Gasteiger charge is 2.39. The van der Waals surface area contributed by atoms with Gasteiger partial charge in [-0.05, 0) is 88.5 Å². The number of H-pyrrole nitrogens is 1. The molecule has 0 spiro atoms. The van der Waals surface area contributed by atoms with Crippen LogP contribution in [0.5, 0.6) is 0 Å². The van der Waals surface area contributed by atoms with Crippen molar-refractivity contribution < 1.29 is 0 Å². The lowest BCUT2D eigenvalue weighted by molar-refractivity contribution is 0.287. The topological polar surface area (TPSA) is 53.9 Å². The Balaban J connectivity index is 1.48. The van der Waals surface area contributed by atoms with Crippen LogP contribution in [0.2, 0.25) is 0 Å². The summed E-state index contributed by atoms with van der Waals surface area (Å²) in [5.74, 6) is 1.46. The number of fused-ring (bicyclic) bond motifs is 2. The minimum absolute atomic E-state index is 0.00688. The number of rotatable bonds is 7. The second-order valence-corrected chi connectivity index (χ2v) is 14.4. The van der Waals surface area contributed by atoms with Crippen LogP contribution in [0.1, 0.15) is 93.6 Å². The first-order valence-corrected chi connectivity index (χ1v) is 15.4. The van der Waals surface area contributed by atoms with Crippen molar-refractivity contribution in [2.24, 2.45) is 11.3 Å². The van der Waals surface area contributed by atoms with E-state index in [1.807, 2.05) is 10.8 Å². The summed E-state index contributed by atoms with van der Waals surface area (Å²) in [6.07, 6.45) is 13.6. The van der Waals surface area contributed by atoms with Crippen LogP contribution in [0.15, 0.2) is 64.6 Å². The van der Waals surface area contributed by atoms with E-state index < -0.39 is 0 Å². The zero-order chi connectivity index (χ0) is 29.7. The Morgan fingerprint density at radius 1 is 1.12 bits per heavy atom. The van der Waals surface area contributed by atoms with E-state index >= 15 is 0 Å². The van der Waals surface area contributed by atoms with Crippen LogP contribution in [-0.2, 0) is 6.54 Å². The Morgan fingerprint density at radius 3 is 2.56 bits per heavy atom. The predicted octanol–water partition coefficient (Wildman–Crippen LogP) is 8.91. The summed E-state index contributed by atoms with van der Waals surface area (Å²) in [6, 6.07) is 8.57. The van der Waals surface area contributed by atoms with Gasteiger partial charge in [-0.3, -0.25) is 9.36 Å². The maximum absolute atomic E-state index is 13.3. The Labute approximate surface area is 246 Å². The lowest BCUT2D eigenvalue weighted by Crippen LogP contribution is -2.45. The highest BCUT2D eigenvalue weighted by Crippen LogP contribution is 2.37. The zero-order valence-corrected chi connectivity index (χ0v) is 26.6. The number of nitrogens with one attached hydrogen (secondary N) is 1. The molecule has 1 N–H and O–H groups in total. The van der Waals surface area contributed by atoms with E-state index in [1.165, 1.54) is 35.1 Å². The molecule has 2 aromatic heterocycles. The highest BCUT2D eigenvalue weighted by molar-refractivity contribution is 5.97. The Kier molecular flexibility index (Phi) is 7.69. The van der Waals surface area contributed by atoms with E-state index in [0.29, 0.717) is 17.9 Å². The molecular weight excluding hydrogens is 504 g/mol. The fraction of sp³-hybridized carbons (Fsp3) is 0.500. The van der Waals surface area contributed by atoms with Gasteiger partial charge in [-0.15, -0.1) is 0 Å². The Morgan fingerprint density at radius 2 is 1.88 bits per heavy atom.